The van der Waals surface area contributed by atoms with Crippen LogP contribution in [0.2, 0.25) is 0 Å². The molecule has 100 valence electrons. The summed E-state index contributed by atoms with van der Waals surface area (Å²) in [6.45, 7) is 2.62. The van der Waals surface area contributed by atoms with Gasteiger partial charge in [0.25, 0.3) is 5.92 Å². The zero-order valence-corrected chi connectivity index (χ0v) is 10.9. The maximum absolute atomic E-state index is 13.9. The number of nitrogens with one attached hydrogen (secondary N) is 1. The van der Waals surface area contributed by atoms with Gasteiger partial charge in [-0.25, -0.2) is 0 Å². The first-order valence-electron chi connectivity index (χ1n) is 6.72. The fraction of sp³-hybridized carbons (Fsp3) is 0.600. The molecule has 0 saturated heterocycles. The Hall–Kier alpha value is -0.960. The van der Waals surface area contributed by atoms with Gasteiger partial charge in [0.2, 0.25) is 0 Å². The molecule has 1 aliphatic carbocycles. The van der Waals surface area contributed by atoms with Gasteiger partial charge in [-0.05, 0) is 24.7 Å². The van der Waals surface area contributed by atoms with E-state index in [9.17, 15) is 8.78 Å². The lowest BCUT2D eigenvalue weighted by atomic mass is 10.0. The molecule has 0 aliphatic heterocycles. The second-order valence-corrected chi connectivity index (χ2v) is 5.42. The lowest BCUT2D eigenvalue weighted by Gasteiger charge is -2.20. The summed E-state index contributed by atoms with van der Waals surface area (Å²) in [5.74, 6) is -2.77. The lowest BCUT2D eigenvalue weighted by Crippen LogP contribution is -2.34. The van der Waals surface area contributed by atoms with Crippen LogP contribution in [0.5, 0.6) is 0 Å². The molecule has 1 aliphatic rings. The molecule has 0 bridgehead atoms. The number of alkyl halides is 2. The molecular formula is C15H21F2N. The quantitative estimate of drug-likeness (QED) is 0.776. The van der Waals surface area contributed by atoms with Crippen molar-refractivity contribution in [2.24, 2.45) is 5.41 Å². The SMILES string of the molecule is CCCC1(CNCC(F)(F)c2ccccc2)CC1. The van der Waals surface area contributed by atoms with E-state index in [1.54, 1.807) is 18.2 Å². The standard InChI is InChI=1S/C15H21F2N/c1-2-8-14(9-10-14)11-18-12-15(16,17)13-6-4-3-5-7-13/h3-7,18H,2,8-12H2,1H3. The highest BCUT2D eigenvalue weighted by atomic mass is 19.3. The summed E-state index contributed by atoms with van der Waals surface area (Å²) in [5, 5.41) is 2.96. The van der Waals surface area contributed by atoms with E-state index < -0.39 is 5.92 Å². The first-order chi connectivity index (χ1) is 8.58. The van der Waals surface area contributed by atoms with E-state index in [0.717, 1.165) is 19.4 Å². The monoisotopic (exact) mass is 253 g/mol. The molecule has 18 heavy (non-hydrogen) atoms. The van der Waals surface area contributed by atoms with Crippen molar-refractivity contribution in [3.05, 3.63) is 35.9 Å². The third-order valence-electron chi connectivity index (χ3n) is 3.78. The zero-order valence-electron chi connectivity index (χ0n) is 10.9. The van der Waals surface area contributed by atoms with Gasteiger partial charge < -0.3 is 5.32 Å². The Labute approximate surface area is 108 Å². The van der Waals surface area contributed by atoms with Crippen LogP contribution < -0.4 is 5.32 Å². The Bertz CT molecular complexity index is 371. The van der Waals surface area contributed by atoms with Crippen molar-refractivity contribution >= 4 is 0 Å². The zero-order chi connectivity index (χ0) is 13.1. The summed E-state index contributed by atoms with van der Waals surface area (Å²) >= 11 is 0. The molecule has 0 spiro atoms. The van der Waals surface area contributed by atoms with Crippen LogP contribution in [0.1, 0.15) is 38.2 Å². The average Bonchev–Trinajstić information content (AvgIpc) is 3.11. The predicted molar refractivity (Wildman–Crippen MR) is 69.8 cm³/mol. The Morgan fingerprint density at radius 2 is 1.89 bits per heavy atom. The van der Waals surface area contributed by atoms with E-state index >= 15 is 0 Å². The smallest absolute Gasteiger partial charge is 0.285 e. The highest BCUT2D eigenvalue weighted by Crippen LogP contribution is 2.49. The molecule has 0 radical (unpaired) electrons. The van der Waals surface area contributed by atoms with Crippen LogP contribution in [0.4, 0.5) is 8.78 Å². The number of halogens is 2. The maximum atomic E-state index is 13.9. The number of hydrogen-bond acceptors (Lipinski definition) is 1. The largest absolute Gasteiger partial charge is 0.310 e. The van der Waals surface area contributed by atoms with Gasteiger partial charge in [0.1, 0.15) is 0 Å². The molecule has 1 N–H and O–H groups in total. The van der Waals surface area contributed by atoms with E-state index in [0.29, 0.717) is 5.41 Å². The third-order valence-corrected chi connectivity index (χ3v) is 3.78. The molecule has 1 aromatic rings. The second-order valence-electron chi connectivity index (χ2n) is 5.42. The fourth-order valence-electron chi connectivity index (χ4n) is 2.49. The van der Waals surface area contributed by atoms with Gasteiger partial charge in [0, 0.05) is 12.1 Å². The minimum absolute atomic E-state index is 0.0952. The molecule has 1 aromatic carbocycles. The van der Waals surface area contributed by atoms with Gasteiger partial charge in [-0.15, -0.1) is 0 Å². The summed E-state index contributed by atoms with van der Waals surface area (Å²) in [6, 6.07) is 8.04. The van der Waals surface area contributed by atoms with Crippen LogP contribution >= 0.6 is 0 Å². The topological polar surface area (TPSA) is 12.0 Å². The highest BCUT2D eigenvalue weighted by molar-refractivity contribution is 5.20. The van der Waals surface area contributed by atoms with Crippen LogP contribution in [-0.4, -0.2) is 13.1 Å². The van der Waals surface area contributed by atoms with E-state index in [-0.39, 0.29) is 12.1 Å². The predicted octanol–water partition coefficient (Wildman–Crippen LogP) is 3.95. The van der Waals surface area contributed by atoms with Gasteiger partial charge in [0.15, 0.2) is 0 Å². The van der Waals surface area contributed by atoms with Crippen LogP contribution in [-0.2, 0) is 5.92 Å². The van der Waals surface area contributed by atoms with Crippen LogP contribution in [0.3, 0.4) is 0 Å². The Morgan fingerprint density at radius 1 is 1.22 bits per heavy atom. The molecular weight excluding hydrogens is 232 g/mol. The summed E-state index contributed by atoms with van der Waals surface area (Å²) in [7, 11) is 0. The van der Waals surface area contributed by atoms with Gasteiger partial charge >= 0.3 is 0 Å². The summed E-state index contributed by atoms with van der Waals surface area (Å²) in [5.41, 5.74) is 0.416. The van der Waals surface area contributed by atoms with Crippen molar-refractivity contribution < 1.29 is 8.78 Å². The van der Waals surface area contributed by atoms with Gasteiger partial charge in [0.05, 0.1) is 6.54 Å². The minimum atomic E-state index is -2.77. The van der Waals surface area contributed by atoms with Gasteiger partial charge in [-0.2, -0.15) is 8.78 Å². The number of rotatable bonds is 7. The van der Waals surface area contributed by atoms with E-state index in [4.69, 9.17) is 0 Å². The molecule has 1 saturated carbocycles. The van der Waals surface area contributed by atoms with Crippen LogP contribution in [0.25, 0.3) is 0 Å². The van der Waals surface area contributed by atoms with Crippen LogP contribution in [0.15, 0.2) is 30.3 Å². The average molecular weight is 253 g/mol. The molecule has 0 atom stereocenters. The van der Waals surface area contributed by atoms with Crippen molar-refractivity contribution in [1.29, 1.82) is 0 Å². The van der Waals surface area contributed by atoms with Crippen molar-refractivity contribution in [1.82, 2.24) is 5.32 Å². The van der Waals surface area contributed by atoms with Crippen molar-refractivity contribution in [3.63, 3.8) is 0 Å². The van der Waals surface area contributed by atoms with Crippen LogP contribution in [0, 0.1) is 5.41 Å². The maximum Gasteiger partial charge on any atom is 0.285 e. The second kappa shape index (κ2) is 5.35. The molecule has 0 heterocycles. The van der Waals surface area contributed by atoms with Crippen molar-refractivity contribution in [3.8, 4) is 0 Å². The number of benzene rings is 1. The molecule has 0 aromatic heterocycles. The Morgan fingerprint density at radius 3 is 2.44 bits per heavy atom. The molecule has 3 heteroatoms. The lowest BCUT2D eigenvalue weighted by molar-refractivity contribution is -0.00416. The Balaban J connectivity index is 1.83. The third kappa shape index (κ3) is 3.29. The molecule has 2 rings (SSSR count). The summed E-state index contributed by atoms with van der Waals surface area (Å²) in [6.07, 6.45) is 4.66. The number of hydrogen-bond donors (Lipinski definition) is 1. The highest BCUT2D eigenvalue weighted by Gasteiger charge is 2.41. The van der Waals surface area contributed by atoms with Crippen molar-refractivity contribution in [2.75, 3.05) is 13.1 Å². The van der Waals surface area contributed by atoms with E-state index in [1.807, 2.05) is 0 Å². The normalized spacial score (nSPS) is 17.7. The van der Waals surface area contributed by atoms with E-state index in [2.05, 4.69) is 12.2 Å². The fourth-order valence-corrected chi connectivity index (χ4v) is 2.49. The Kier molecular flexibility index (Phi) is 4.00. The van der Waals surface area contributed by atoms with Gasteiger partial charge in [-0.3, -0.25) is 0 Å². The van der Waals surface area contributed by atoms with Crippen molar-refractivity contribution in [2.45, 2.75) is 38.5 Å². The molecule has 1 fully saturated rings. The minimum Gasteiger partial charge on any atom is -0.310 e. The first kappa shape index (κ1) is 13.5. The van der Waals surface area contributed by atoms with Gasteiger partial charge in [-0.1, -0.05) is 43.7 Å². The summed E-state index contributed by atoms with van der Waals surface area (Å²) < 4.78 is 27.7. The first-order valence-corrected chi connectivity index (χ1v) is 6.72. The molecule has 1 nitrogen and oxygen atoms in total. The molecule has 0 amide bonds. The summed E-state index contributed by atoms with van der Waals surface area (Å²) in [4.78, 5) is 0. The molecule has 0 unspecified atom stereocenters. The van der Waals surface area contributed by atoms with E-state index in [1.165, 1.54) is 25.0 Å².